The molecule has 0 spiro atoms. The van der Waals surface area contributed by atoms with Gasteiger partial charge < -0.3 is 5.32 Å². The van der Waals surface area contributed by atoms with Gasteiger partial charge in [0.2, 0.25) is 5.91 Å². The Morgan fingerprint density at radius 1 is 1.69 bits per heavy atom. The van der Waals surface area contributed by atoms with Crippen LogP contribution >= 0.6 is 23.4 Å². The van der Waals surface area contributed by atoms with E-state index in [1.54, 1.807) is 18.0 Å². The zero-order valence-corrected chi connectivity index (χ0v) is 10.6. The number of nitrogens with one attached hydrogen (secondary N) is 1. The normalized spacial score (nSPS) is 19.8. The monoisotopic (exact) mass is 256 g/mol. The van der Waals surface area contributed by atoms with E-state index in [1.807, 2.05) is 13.0 Å². The molecule has 0 radical (unpaired) electrons. The van der Waals surface area contributed by atoms with E-state index in [4.69, 9.17) is 11.6 Å². The number of carbonyl (C=O) groups is 1. The Morgan fingerprint density at radius 2 is 2.50 bits per heavy atom. The van der Waals surface area contributed by atoms with E-state index in [1.165, 1.54) is 0 Å². The fourth-order valence-corrected chi connectivity index (χ4v) is 2.90. The molecule has 2 rings (SSSR count). The van der Waals surface area contributed by atoms with Crippen LogP contribution in [0.4, 0.5) is 5.69 Å². The number of amides is 1. The molecule has 0 aliphatic carbocycles. The first-order valence-electron chi connectivity index (χ1n) is 5.21. The van der Waals surface area contributed by atoms with E-state index in [9.17, 15) is 4.79 Å². The van der Waals surface area contributed by atoms with Gasteiger partial charge in [0.25, 0.3) is 0 Å². The van der Waals surface area contributed by atoms with E-state index in [0.717, 1.165) is 29.8 Å². The minimum Gasteiger partial charge on any atom is -0.324 e. The molecule has 1 saturated heterocycles. The number of anilines is 1. The lowest BCUT2D eigenvalue weighted by Gasteiger charge is -2.10. The van der Waals surface area contributed by atoms with Gasteiger partial charge in [-0.2, -0.15) is 0 Å². The molecular weight excluding hydrogens is 244 g/mol. The van der Waals surface area contributed by atoms with Crippen molar-refractivity contribution in [3.63, 3.8) is 0 Å². The number of nitrogens with zero attached hydrogens (tertiary/aromatic N) is 1. The maximum atomic E-state index is 11.8. The first-order valence-corrected chi connectivity index (χ1v) is 6.64. The van der Waals surface area contributed by atoms with Crippen LogP contribution in [0.15, 0.2) is 12.3 Å². The van der Waals surface area contributed by atoms with Crippen molar-refractivity contribution in [3.05, 3.63) is 23.0 Å². The van der Waals surface area contributed by atoms with Gasteiger partial charge in [0.15, 0.2) is 0 Å². The molecule has 5 heteroatoms. The molecule has 0 bridgehead atoms. The van der Waals surface area contributed by atoms with Crippen LogP contribution in [0.3, 0.4) is 0 Å². The third-order valence-electron chi connectivity index (χ3n) is 2.50. The van der Waals surface area contributed by atoms with Gasteiger partial charge in [-0.1, -0.05) is 11.6 Å². The van der Waals surface area contributed by atoms with Gasteiger partial charge in [0.05, 0.1) is 17.1 Å². The summed E-state index contributed by atoms with van der Waals surface area (Å²) in [4.78, 5) is 15.8. The predicted molar refractivity (Wildman–Crippen MR) is 68.1 cm³/mol. The highest BCUT2D eigenvalue weighted by atomic mass is 35.5. The number of aromatic nitrogens is 1. The van der Waals surface area contributed by atoms with Crippen LogP contribution in [0.1, 0.15) is 18.4 Å². The molecule has 1 atom stereocenters. The summed E-state index contributed by atoms with van der Waals surface area (Å²) in [5, 5.41) is 3.44. The lowest BCUT2D eigenvalue weighted by atomic mass is 10.2. The molecular formula is C11H13ClN2OS. The van der Waals surface area contributed by atoms with E-state index in [2.05, 4.69) is 10.3 Å². The van der Waals surface area contributed by atoms with Gasteiger partial charge in [0.1, 0.15) is 5.15 Å². The van der Waals surface area contributed by atoms with Crippen molar-refractivity contribution in [3.8, 4) is 0 Å². The van der Waals surface area contributed by atoms with Crippen LogP contribution in [-0.4, -0.2) is 21.9 Å². The van der Waals surface area contributed by atoms with Crippen molar-refractivity contribution in [2.75, 3.05) is 11.1 Å². The molecule has 2 heterocycles. The number of carbonyl (C=O) groups excluding carboxylic acids is 1. The summed E-state index contributed by atoms with van der Waals surface area (Å²) in [6.45, 7) is 1.87. The largest absolute Gasteiger partial charge is 0.324 e. The summed E-state index contributed by atoms with van der Waals surface area (Å²) >= 11 is 7.53. The molecule has 1 amide bonds. The first-order chi connectivity index (χ1) is 7.66. The maximum absolute atomic E-state index is 11.8. The minimum absolute atomic E-state index is 0.0750. The molecule has 0 aromatic carbocycles. The quantitative estimate of drug-likeness (QED) is 0.828. The number of thioether (sulfide) groups is 1. The maximum Gasteiger partial charge on any atom is 0.237 e. The summed E-state index contributed by atoms with van der Waals surface area (Å²) in [5.74, 6) is 1.15. The molecule has 0 saturated carbocycles. The van der Waals surface area contributed by atoms with Gasteiger partial charge in [-0.3, -0.25) is 4.79 Å². The van der Waals surface area contributed by atoms with E-state index in [-0.39, 0.29) is 11.2 Å². The summed E-state index contributed by atoms with van der Waals surface area (Å²) in [6, 6.07) is 1.84. The highest BCUT2D eigenvalue weighted by molar-refractivity contribution is 8.00. The van der Waals surface area contributed by atoms with Gasteiger partial charge in [-0.15, -0.1) is 11.8 Å². The first kappa shape index (κ1) is 11.7. The van der Waals surface area contributed by atoms with Crippen molar-refractivity contribution < 1.29 is 4.79 Å². The summed E-state index contributed by atoms with van der Waals surface area (Å²) in [6.07, 6.45) is 3.68. The molecule has 1 aliphatic rings. The number of pyridine rings is 1. The van der Waals surface area contributed by atoms with Crippen molar-refractivity contribution >= 4 is 35.0 Å². The van der Waals surface area contributed by atoms with Crippen LogP contribution in [0, 0.1) is 6.92 Å². The van der Waals surface area contributed by atoms with Gasteiger partial charge in [-0.05, 0) is 37.1 Å². The van der Waals surface area contributed by atoms with Crippen molar-refractivity contribution in [2.24, 2.45) is 0 Å². The Morgan fingerprint density at radius 3 is 3.12 bits per heavy atom. The molecule has 16 heavy (non-hydrogen) atoms. The zero-order valence-electron chi connectivity index (χ0n) is 9.00. The Hall–Kier alpha value is -0.740. The standard InChI is InChI=1S/C11H13ClN2OS/c1-7-5-8(6-13-10(7)12)14-11(15)9-3-2-4-16-9/h5-6,9H,2-4H2,1H3,(H,14,15). The Labute approximate surface area is 104 Å². The van der Waals surface area contributed by atoms with Crippen LogP contribution in [0.5, 0.6) is 0 Å². The second kappa shape index (κ2) is 5.06. The lowest BCUT2D eigenvalue weighted by Crippen LogP contribution is -2.22. The van der Waals surface area contributed by atoms with Crippen molar-refractivity contribution in [2.45, 2.75) is 25.0 Å². The minimum atomic E-state index is 0.0750. The molecule has 86 valence electrons. The average molecular weight is 257 g/mol. The van der Waals surface area contributed by atoms with Crippen LogP contribution in [0.25, 0.3) is 0 Å². The third-order valence-corrected chi connectivity index (χ3v) is 4.28. The highest BCUT2D eigenvalue weighted by Gasteiger charge is 2.23. The molecule has 1 aliphatic heterocycles. The summed E-state index contributed by atoms with van der Waals surface area (Å²) < 4.78 is 0. The smallest absolute Gasteiger partial charge is 0.237 e. The number of hydrogen-bond acceptors (Lipinski definition) is 3. The Kier molecular flexibility index (Phi) is 3.71. The Bertz CT molecular complexity index is 405. The number of rotatable bonds is 2. The van der Waals surface area contributed by atoms with E-state index >= 15 is 0 Å². The summed E-state index contributed by atoms with van der Waals surface area (Å²) in [7, 11) is 0. The third kappa shape index (κ3) is 2.68. The van der Waals surface area contributed by atoms with Crippen LogP contribution in [-0.2, 0) is 4.79 Å². The predicted octanol–water partition coefficient (Wildman–Crippen LogP) is 2.88. The number of halogens is 1. The Balaban J connectivity index is 2.02. The number of aryl methyl sites for hydroxylation is 1. The van der Waals surface area contributed by atoms with Crippen LogP contribution < -0.4 is 5.32 Å². The van der Waals surface area contributed by atoms with Gasteiger partial charge in [0, 0.05) is 0 Å². The zero-order chi connectivity index (χ0) is 11.5. The highest BCUT2D eigenvalue weighted by Crippen LogP contribution is 2.27. The fourth-order valence-electron chi connectivity index (χ4n) is 1.63. The fraction of sp³-hybridized carbons (Fsp3) is 0.455. The van der Waals surface area contributed by atoms with Gasteiger partial charge in [-0.25, -0.2) is 4.98 Å². The van der Waals surface area contributed by atoms with Crippen molar-refractivity contribution in [1.82, 2.24) is 4.98 Å². The van der Waals surface area contributed by atoms with Gasteiger partial charge >= 0.3 is 0 Å². The molecule has 1 N–H and O–H groups in total. The second-order valence-electron chi connectivity index (χ2n) is 3.82. The molecule has 1 fully saturated rings. The summed E-state index contributed by atoms with van der Waals surface area (Å²) in [5.41, 5.74) is 1.60. The topological polar surface area (TPSA) is 42.0 Å². The van der Waals surface area contributed by atoms with E-state index < -0.39 is 0 Å². The van der Waals surface area contributed by atoms with Crippen molar-refractivity contribution in [1.29, 1.82) is 0 Å². The van der Waals surface area contributed by atoms with E-state index in [0.29, 0.717) is 5.15 Å². The molecule has 1 aromatic rings. The van der Waals surface area contributed by atoms with Crippen LogP contribution in [0.2, 0.25) is 5.15 Å². The average Bonchev–Trinajstić information content (AvgIpc) is 2.77. The molecule has 1 aromatic heterocycles. The SMILES string of the molecule is Cc1cc(NC(=O)C2CCCS2)cnc1Cl. The second-order valence-corrected chi connectivity index (χ2v) is 5.49. The lowest BCUT2D eigenvalue weighted by molar-refractivity contribution is -0.115. The molecule has 3 nitrogen and oxygen atoms in total. The number of hydrogen-bond donors (Lipinski definition) is 1. The molecule has 1 unspecified atom stereocenters.